The number of hydrogen-bond acceptors (Lipinski definition) is 7. The maximum absolute atomic E-state index is 13.9. The Morgan fingerprint density at radius 3 is 2.37 bits per heavy atom. The third-order valence-corrected chi connectivity index (χ3v) is 8.02. The molecule has 3 atom stereocenters. The van der Waals surface area contributed by atoms with Crippen molar-refractivity contribution in [2.45, 2.75) is 70.7 Å². The minimum Gasteiger partial charge on any atom is -0.465 e. The number of fused-ring (bicyclic) bond motifs is 1. The Balaban J connectivity index is 1.64. The van der Waals surface area contributed by atoms with E-state index in [-0.39, 0.29) is 32.5 Å². The van der Waals surface area contributed by atoms with Gasteiger partial charge in [0.15, 0.2) is 0 Å². The predicted molar refractivity (Wildman–Crippen MR) is 134 cm³/mol. The molecule has 0 spiro atoms. The average molecular weight is 555 g/mol. The summed E-state index contributed by atoms with van der Waals surface area (Å²) >= 11 is 0. The van der Waals surface area contributed by atoms with Gasteiger partial charge in [-0.25, -0.2) is 13.9 Å². The summed E-state index contributed by atoms with van der Waals surface area (Å²) in [5, 5.41) is 14.6. The number of rotatable bonds is 10. The van der Waals surface area contributed by atoms with Gasteiger partial charge in [0.25, 0.3) is 5.91 Å². The summed E-state index contributed by atoms with van der Waals surface area (Å²) in [7, 11) is -4.76. The number of benzene rings is 1. The maximum Gasteiger partial charge on any atom is 0.407 e. The molecular weight excluding hydrogens is 520 g/mol. The van der Waals surface area contributed by atoms with Crippen LogP contribution in [0, 0.1) is 5.41 Å². The number of carboxylic acid groups (broad SMARTS) is 1. The van der Waals surface area contributed by atoms with E-state index in [0.717, 1.165) is 5.56 Å². The van der Waals surface area contributed by atoms with E-state index in [9.17, 15) is 37.3 Å². The van der Waals surface area contributed by atoms with Gasteiger partial charge in [0.05, 0.1) is 6.04 Å². The first-order chi connectivity index (χ1) is 17.7. The van der Waals surface area contributed by atoms with Gasteiger partial charge in [-0.3, -0.25) is 14.1 Å². The zero-order valence-electron chi connectivity index (χ0n) is 21.5. The predicted octanol–water partition coefficient (Wildman–Crippen LogP) is 1.75. The zero-order valence-corrected chi connectivity index (χ0v) is 22.4. The number of likely N-dealkylation sites (tertiary alicyclic amines) is 1. The largest absolute Gasteiger partial charge is 0.465 e. The van der Waals surface area contributed by atoms with E-state index < -0.39 is 57.3 Å². The van der Waals surface area contributed by atoms with E-state index in [0.29, 0.717) is 17.1 Å². The monoisotopic (exact) mass is 554 g/mol. The van der Waals surface area contributed by atoms with Crippen LogP contribution in [0.4, 0.5) is 9.59 Å². The maximum atomic E-state index is 13.9. The number of hydrogen-bond donors (Lipinski definition) is 4. The normalized spacial score (nSPS) is 20.7. The van der Waals surface area contributed by atoms with Crippen molar-refractivity contribution in [1.82, 2.24) is 19.8 Å². The number of amides is 4. The first-order valence-corrected chi connectivity index (χ1v) is 13.7. The van der Waals surface area contributed by atoms with Gasteiger partial charge in [-0.05, 0) is 36.7 Å². The molecule has 4 amide bonds. The number of nitrogens with zero attached hydrogens (tertiary/aromatic N) is 2. The summed E-state index contributed by atoms with van der Waals surface area (Å²) in [6.45, 7) is 5.45. The van der Waals surface area contributed by atoms with Crippen LogP contribution in [0.1, 0.15) is 52.0 Å². The average Bonchev–Trinajstić information content (AvgIpc) is 3.18. The molecule has 0 aromatic heterocycles. The fourth-order valence-electron chi connectivity index (χ4n) is 5.06. The number of carbonyl (C=O) groups is 4. The van der Waals surface area contributed by atoms with Crippen molar-refractivity contribution in [3.8, 4) is 0 Å². The summed E-state index contributed by atoms with van der Waals surface area (Å²) < 4.78 is 37.9. The molecule has 2 saturated heterocycles. The highest BCUT2D eigenvalue weighted by Crippen LogP contribution is 2.42. The Bertz CT molecular complexity index is 1170. The van der Waals surface area contributed by atoms with Gasteiger partial charge in [-0.2, -0.15) is 8.42 Å². The molecule has 0 radical (unpaired) electrons. The molecule has 2 heterocycles. The number of unbranched alkanes of at least 4 members (excludes halogenated alkanes) is 1. The highest BCUT2D eigenvalue weighted by molar-refractivity contribution is 7.84. The molecule has 2 aliphatic rings. The Morgan fingerprint density at radius 2 is 1.79 bits per heavy atom. The molecule has 0 aliphatic carbocycles. The summed E-state index contributed by atoms with van der Waals surface area (Å²) in [4.78, 5) is 51.4. The van der Waals surface area contributed by atoms with E-state index in [1.54, 1.807) is 20.8 Å². The van der Waals surface area contributed by atoms with Crippen LogP contribution in [0.5, 0.6) is 0 Å². The molecule has 4 N–H and O–H groups in total. The van der Waals surface area contributed by atoms with E-state index >= 15 is 0 Å². The van der Waals surface area contributed by atoms with Crippen molar-refractivity contribution in [2.75, 3.05) is 13.1 Å². The van der Waals surface area contributed by atoms with Gasteiger partial charge < -0.3 is 25.4 Å². The minimum atomic E-state index is -4.76. The second-order valence-corrected chi connectivity index (χ2v) is 11.7. The lowest BCUT2D eigenvalue weighted by atomic mass is 9.69. The highest BCUT2D eigenvalue weighted by Gasteiger charge is 2.63. The molecule has 2 fully saturated rings. The van der Waals surface area contributed by atoms with Crippen molar-refractivity contribution in [2.24, 2.45) is 5.41 Å². The third-order valence-electron chi connectivity index (χ3n) is 7.07. The first-order valence-electron chi connectivity index (χ1n) is 12.3. The van der Waals surface area contributed by atoms with Crippen molar-refractivity contribution in [1.29, 1.82) is 0 Å². The molecule has 38 heavy (non-hydrogen) atoms. The summed E-state index contributed by atoms with van der Waals surface area (Å²) in [5.74, 6) is -1.57. The lowest BCUT2D eigenvalue weighted by Gasteiger charge is -2.48. The number of β-lactam (4-membered cyclic amide) rings is 1. The van der Waals surface area contributed by atoms with E-state index in [2.05, 4.69) is 10.6 Å². The fourth-order valence-corrected chi connectivity index (χ4v) is 5.96. The lowest BCUT2D eigenvalue weighted by Crippen LogP contribution is -2.72. The van der Waals surface area contributed by atoms with Crippen LogP contribution < -0.4 is 10.6 Å². The Labute approximate surface area is 221 Å². The lowest BCUT2D eigenvalue weighted by molar-refractivity contribution is -0.157. The van der Waals surface area contributed by atoms with Crippen molar-refractivity contribution in [3.63, 3.8) is 0 Å². The summed E-state index contributed by atoms with van der Waals surface area (Å²) in [6.07, 6.45) is -1.09. The van der Waals surface area contributed by atoms with Crippen molar-refractivity contribution in [3.05, 3.63) is 35.9 Å². The van der Waals surface area contributed by atoms with Crippen LogP contribution in [0.2, 0.25) is 0 Å². The molecule has 14 heteroatoms. The van der Waals surface area contributed by atoms with Crippen LogP contribution in [0.3, 0.4) is 0 Å². The van der Waals surface area contributed by atoms with Gasteiger partial charge in [-0.15, -0.1) is 0 Å². The molecule has 1 aromatic carbocycles. The summed E-state index contributed by atoms with van der Waals surface area (Å²) in [6, 6.07) is 7.18. The minimum absolute atomic E-state index is 0.0276. The quantitative estimate of drug-likeness (QED) is 0.190. The zero-order chi connectivity index (χ0) is 28.3. The Morgan fingerprint density at radius 1 is 1.13 bits per heavy atom. The molecule has 0 saturated carbocycles. The molecular formula is C24H34N4O9S. The fraction of sp³-hybridized carbons (Fsp3) is 0.583. The van der Waals surface area contributed by atoms with Crippen LogP contribution in [0.15, 0.2) is 30.3 Å². The molecule has 210 valence electrons. The van der Waals surface area contributed by atoms with Crippen LogP contribution in [-0.2, 0) is 31.2 Å². The Kier molecular flexibility index (Phi) is 8.56. The standard InChI is InChI=1S/C24H34N4O9S/c1-23(2,3)24(26-21(31)32,12-7-8-13-25-22(33)37-15-16-9-5-4-6-10-16)20(30)27-14-11-17-18(27)19(29)28(17)38(34,35)36/h4-6,9-10,17-18,26H,7-8,11-15H2,1-3H3,(H,25,33)(H,31,32)(H,34,35,36)/t17-,18+,24-/m1/s1. The van der Waals surface area contributed by atoms with Crippen molar-refractivity contribution >= 4 is 34.3 Å². The van der Waals surface area contributed by atoms with Crippen molar-refractivity contribution < 1.29 is 42.0 Å². The van der Waals surface area contributed by atoms with Gasteiger partial charge in [-0.1, -0.05) is 51.1 Å². The molecule has 2 aliphatic heterocycles. The molecule has 3 rings (SSSR count). The van der Waals surface area contributed by atoms with E-state index in [1.807, 2.05) is 30.3 Å². The summed E-state index contributed by atoms with van der Waals surface area (Å²) in [5.41, 5.74) is -1.73. The van der Waals surface area contributed by atoms with E-state index in [4.69, 9.17) is 4.74 Å². The SMILES string of the molecule is CC(C)(C)[C@](CCCCNC(=O)OCc1ccccc1)(NC(=O)O)C(=O)N1CC[C@@H]2[C@H]1C(=O)N2S(=O)(=O)O. The smallest absolute Gasteiger partial charge is 0.407 e. The van der Waals surface area contributed by atoms with E-state index in [1.165, 1.54) is 4.90 Å². The number of nitrogens with one attached hydrogen (secondary N) is 2. The van der Waals surface area contributed by atoms with Gasteiger partial charge in [0.1, 0.15) is 18.2 Å². The van der Waals surface area contributed by atoms with Gasteiger partial charge >= 0.3 is 22.5 Å². The number of ether oxygens (including phenoxy) is 1. The second-order valence-electron chi connectivity index (χ2n) is 10.4. The second kappa shape index (κ2) is 11.2. The number of carbonyl (C=O) groups excluding carboxylic acids is 3. The molecule has 0 bridgehead atoms. The first kappa shape index (κ1) is 29.2. The molecule has 13 nitrogen and oxygen atoms in total. The van der Waals surface area contributed by atoms with Crippen LogP contribution in [-0.4, -0.2) is 82.0 Å². The Hall–Kier alpha value is -3.39. The number of alkyl carbamates (subject to hydrolysis) is 1. The highest BCUT2D eigenvalue weighted by atomic mass is 32.2. The van der Waals surface area contributed by atoms with Gasteiger partial charge in [0.2, 0.25) is 5.91 Å². The third kappa shape index (κ3) is 6.01. The molecule has 0 unspecified atom stereocenters. The van der Waals surface area contributed by atoms with Crippen LogP contribution in [0.25, 0.3) is 0 Å². The molecule has 1 aromatic rings. The topological polar surface area (TPSA) is 183 Å². The van der Waals surface area contributed by atoms with Crippen LogP contribution >= 0.6 is 0 Å². The van der Waals surface area contributed by atoms with Gasteiger partial charge in [0, 0.05) is 13.1 Å².